The number of hydrogen-bond donors (Lipinski definition) is 0. The summed E-state index contributed by atoms with van der Waals surface area (Å²) in [5.74, 6) is 0.0173. The number of benzene rings is 1. The van der Waals surface area contributed by atoms with Crippen LogP contribution in [-0.4, -0.2) is 47.0 Å². The molecule has 2 atom stereocenters. The Kier molecular flexibility index (Phi) is 6.75. The minimum absolute atomic E-state index is 0. The zero-order valence-corrected chi connectivity index (χ0v) is 17.3. The van der Waals surface area contributed by atoms with E-state index in [9.17, 15) is 4.79 Å². The third kappa shape index (κ3) is 3.54. The number of piperidine rings is 1. The van der Waals surface area contributed by atoms with Gasteiger partial charge in [-0.05, 0) is 23.6 Å². The molecule has 0 spiro atoms. The van der Waals surface area contributed by atoms with Crippen LogP contribution in [0, 0.1) is 14.4 Å². The number of rotatable bonds is 1. The summed E-state index contributed by atoms with van der Waals surface area (Å²) < 4.78 is 0. The molecule has 1 saturated heterocycles. The minimum atomic E-state index is -0.140. The molecule has 0 N–H and O–H groups in total. The molecule has 3 heterocycles. The van der Waals surface area contributed by atoms with Gasteiger partial charge in [0, 0.05) is 50.1 Å². The van der Waals surface area contributed by atoms with Crippen molar-refractivity contribution in [2.45, 2.75) is 18.4 Å². The van der Waals surface area contributed by atoms with E-state index in [1.54, 1.807) is 17.3 Å². The van der Waals surface area contributed by atoms with Crippen molar-refractivity contribution in [3.8, 4) is 11.1 Å². The maximum Gasteiger partial charge on any atom is 1.00 e. The standard InChI is InChI=1S/C18H17Cl2N4O.CH3.Li/c1-10(25)24-4-3-15-13(8-24)16-12(11-6-21-9-22-7-11)5-14(19)17(20)18(16)23(15)2;;/h5-7,9,13,15H,1,3-4,8H2,2H3;1H3;/q2*-1;+1/t13?,15-;;/m0../s1. The van der Waals surface area contributed by atoms with Gasteiger partial charge in [0.15, 0.2) is 0 Å². The average molecular weight is 398 g/mol. The summed E-state index contributed by atoms with van der Waals surface area (Å²) in [4.78, 5) is 24.1. The molecule has 5 nitrogen and oxygen atoms in total. The number of fused-ring (bicyclic) bond motifs is 3. The fourth-order valence-electron chi connectivity index (χ4n) is 4.10. The van der Waals surface area contributed by atoms with Gasteiger partial charge in [-0.1, -0.05) is 23.2 Å². The van der Waals surface area contributed by atoms with Gasteiger partial charge in [0.05, 0.1) is 21.6 Å². The molecule has 1 unspecified atom stereocenters. The van der Waals surface area contributed by atoms with E-state index in [1.807, 2.05) is 13.1 Å². The molecule has 1 amide bonds. The van der Waals surface area contributed by atoms with Crippen molar-refractivity contribution in [1.29, 1.82) is 0 Å². The molecule has 8 heteroatoms. The monoisotopic (exact) mass is 397 g/mol. The van der Waals surface area contributed by atoms with Crippen LogP contribution >= 0.6 is 23.2 Å². The fraction of sp³-hybridized carbons (Fsp3) is 0.316. The molecule has 1 aromatic carbocycles. The molecular formula is C19H20Cl2LiN4O-. The third-order valence-electron chi connectivity index (χ3n) is 5.26. The van der Waals surface area contributed by atoms with Gasteiger partial charge in [-0.15, -0.1) is 0 Å². The van der Waals surface area contributed by atoms with E-state index >= 15 is 0 Å². The van der Waals surface area contributed by atoms with Crippen molar-refractivity contribution in [2.75, 3.05) is 25.0 Å². The van der Waals surface area contributed by atoms with Crippen LogP contribution in [0.5, 0.6) is 0 Å². The summed E-state index contributed by atoms with van der Waals surface area (Å²) in [5.41, 5.74) is 3.93. The Morgan fingerprint density at radius 3 is 2.59 bits per heavy atom. The normalized spacial score (nSPS) is 20.3. The molecule has 2 aliphatic heterocycles. The van der Waals surface area contributed by atoms with Crippen molar-refractivity contribution in [3.63, 3.8) is 0 Å². The summed E-state index contributed by atoms with van der Waals surface area (Å²) in [5, 5.41) is 1.07. The average Bonchev–Trinajstić information content (AvgIpc) is 2.91. The first kappa shape index (κ1) is 21.9. The van der Waals surface area contributed by atoms with E-state index in [4.69, 9.17) is 23.2 Å². The van der Waals surface area contributed by atoms with E-state index in [-0.39, 0.29) is 44.2 Å². The third-order valence-corrected chi connectivity index (χ3v) is 6.03. The molecule has 138 valence electrons. The largest absolute Gasteiger partial charge is 1.00 e. The Bertz CT molecular complexity index is 849. The Hall–Kier alpha value is -1.38. The van der Waals surface area contributed by atoms with Crippen LogP contribution in [0.1, 0.15) is 17.9 Å². The molecule has 2 aromatic rings. The van der Waals surface area contributed by atoms with Crippen LogP contribution in [0.3, 0.4) is 0 Å². The first-order chi connectivity index (χ1) is 12.0. The van der Waals surface area contributed by atoms with Gasteiger partial charge < -0.3 is 28.9 Å². The van der Waals surface area contributed by atoms with Crippen LogP contribution in [0.2, 0.25) is 10.0 Å². The molecule has 0 bridgehead atoms. The maximum atomic E-state index is 11.8. The zero-order valence-electron chi connectivity index (χ0n) is 15.7. The second kappa shape index (κ2) is 8.32. The van der Waals surface area contributed by atoms with Gasteiger partial charge in [-0.2, -0.15) is 0 Å². The second-order valence-corrected chi connectivity index (χ2v) is 7.31. The number of carbonyl (C=O) groups excluding carboxylic acids is 1. The number of likely N-dealkylation sites (N-methyl/N-ethyl adjacent to an activating group) is 1. The molecule has 27 heavy (non-hydrogen) atoms. The van der Waals surface area contributed by atoms with E-state index in [0.29, 0.717) is 23.1 Å². The van der Waals surface area contributed by atoms with Gasteiger partial charge in [-0.25, -0.2) is 9.97 Å². The summed E-state index contributed by atoms with van der Waals surface area (Å²) in [6, 6.07) is 2.16. The van der Waals surface area contributed by atoms with Gasteiger partial charge in [0.25, 0.3) is 0 Å². The second-order valence-electron chi connectivity index (χ2n) is 6.52. The number of halogens is 2. The van der Waals surface area contributed by atoms with Gasteiger partial charge in [0.1, 0.15) is 6.33 Å². The Labute approximate surface area is 182 Å². The van der Waals surface area contributed by atoms with Crippen LogP contribution < -0.4 is 23.8 Å². The van der Waals surface area contributed by atoms with E-state index in [1.165, 1.54) is 6.33 Å². The Balaban J connectivity index is 0.00000131. The fourth-order valence-corrected chi connectivity index (χ4v) is 4.59. The van der Waals surface area contributed by atoms with E-state index in [0.717, 1.165) is 28.8 Å². The van der Waals surface area contributed by atoms with Gasteiger partial charge in [0.2, 0.25) is 0 Å². The predicted molar refractivity (Wildman–Crippen MR) is 105 cm³/mol. The first-order valence-corrected chi connectivity index (χ1v) is 8.85. The van der Waals surface area contributed by atoms with Crippen LogP contribution in [-0.2, 0) is 4.79 Å². The number of aromatic nitrogens is 2. The van der Waals surface area contributed by atoms with E-state index in [2.05, 4.69) is 21.8 Å². The quantitative estimate of drug-likeness (QED) is 0.529. The number of likely N-dealkylation sites (tertiary alicyclic amines) is 1. The Morgan fingerprint density at radius 1 is 1.30 bits per heavy atom. The summed E-state index contributed by atoms with van der Waals surface area (Å²) in [6.07, 6.45) is 5.91. The van der Waals surface area contributed by atoms with Crippen molar-refractivity contribution < 1.29 is 23.7 Å². The minimum Gasteiger partial charge on any atom is -0.369 e. The smallest absolute Gasteiger partial charge is 0.369 e. The molecule has 0 aliphatic carbocycles. The van der Waals surface area contributed by atoms with Gasteiger partial charge in [-0.3, -0.25) is 0 Å². The number of anilines is 1. The number of amides is 1. The van der Waals surface area contributed by atoms with Crippen molar-refractivity contribution in [3.05, 3.63) is 54.7 Å². The molecule has 1 aromatic heterocycles. The number of hydrogen-bond acceptors (Lipinski definition) is 4. The molecule has 0 saturated carbocycles. The zero-order chi connectivity index (χ0) is 17.7. The van der Waals surface area contributed by atoms with Crippen LogP contribution in [0.25, 0.3) is 11.1 Å². The molecule has 4 rings (SSSR count). The molecular weight excluding hydrogens is 378 g/mol. The summed E-state index contributed by atoms with van der Waals surface area (Å²) in [6.45, 7) is 4.90. The van der Waals surface area contributed by atoms with Crippen LogP contribution in [0.15, 0.2) is 24.8 Å². The maximum absolute atomic E-state index is 11.8. The van der Waals surface area contributed by atoms with Gasteiger partial charge >= 0.3 is 18.9 Å². The Morgan fingerprint density at radius 2 is 1.96 bits per heavy atom. The number of carbonyl (C=O) groups is 1. The predicted octanol–water partition coefficient (Wildman–Crippen LogP) is 0.873. The molecule has 1 fully saturated rings. The molecule has 0 radical (unpaired) electrons. The summed E-state index contributed by atoms with van der Waals surface area (Å²) >= 11 is 13.0. The summed E-state index contributed by atoms with van der Waals surface area (Å²) in [7, 11) is 2.04. The van der Waals surface area contributed by atoms with Crippen LogP contribution in [0.4, 0.5) is 5.69 Å². The molecule has 2 aliphatic rings. The van der Waals surface area contributed by atoms with E-state index < -0.39 is 0 Å². The number of nitrogens with zero attached hydrogens (tertiary/aromatic N) is 4. The topological polar surface area (TPSA) is 49.3 Å². The van der Waals surface area contributed by atoms with Crippen molar-refractivity contribution in [1.82, 2.24) is 14.9 Å². The first-order valence-electron chi connectivity index (χ1n) is 8.10. The van der Waals surface area contributed by atoms with Crippen molar-refractivity contribution in [2.24, 2.45) is 0 Å². The SMILES string of the molecule is [CH2-]C(=O)N1CC[C@H]2C(C1)c1c(-c3cncnc3)cc(Cl)c(Cl)c1N2C.[CH3-].[Li+]. The van der Waals surface area contributed by atoms with Crippen molar-refractivity contribution >= 4 is 34.8 Å².